The SMILES string of the molecule is COC(=O)c1cccc(NC(=O)Nc2cc(F)c3[nH]c(=O)ccc3c2)c1. The van der Waals surface area contributed by atoms with Crippen LogP contribution in [0.1, 0.15) is 10.4 Å². The molecule has 2 aromatic carbocycles. The van der Waals surface area contributed by atoms with E-state index in [0.29, 0.717) is 11.1 Å². The standard InChI is InChI=1S/C18H14FN3O4/c1-26-17(24)11-3-2-4-12(8-11)20-18(25)21-13-7-10-5-6-15(23)22-16(10)14(19)9-13/h2-9H,1H3,(H,22,23)(H2,20,21,25). The summed E-state index contributed by atoms with van der Waals surface area (Å²) >= 11 is 0. The Bertz CT molecular complexity index is 1060. The quantitative estimate of drug-likeness (QED) is 0.629. The number of ether oxygens (including phenoxy) is 1. The van der Waals surface area contributed by atoms with Crippen LogP contribution in [0.25, 0.3) is 10.9 Å². The van der Waals surface area contributed by atoms with Gasteiger partial charge in [-0.2, -0.15) is 0 Å². The first kappa shape index (κ1) is 17.2. The van der Waals surface area contributed by atoms with Crippen LogP contribution in [0.15, 0.2) is 53.3 Å². The van der Waals surface area contributed by atoms with E-state index in [1.807, 2.05) is 0 Å². The average Bonchev–Trinajstić information content (AvgIpc) is 2.62. The minimum Gasteiger partial charge on any atom is -0.465 e. The van der Waals surface area contributed by atoms with Crippen molar-refractivity contribution in [3.05, 3.63) is 70.3 Å². The molecule has 0 atom stereocenters. The number of aromatic amines is 1. The second-order valence-electron chi connectivity index (χ2n) is 5.40. The van der Waals surface area contributed by atoms with Crippen molar-refractivity contribution in [3.8, 4) is 0 Å². The molecule has 0 spiro atoms. The van der Waals surface area contributed by atoms with Gasteiger partial charge in [-0.15, -0.1) is 0 Å². The van der Waals surface area contributed by atoms with Gasteiger partial charge in [0.25, 0.3) is 0 Å². The number of urea groups is 1. The lowest BCUT2D eigenvalue weighted by Crippen LogP contribution is -2.20. The fraction of sp³-hybridized carbons (Fsp3) is 0.0556. The van der Waals surface area contributed by atoms with Gasteiger partial charge in [0.05, 0.1) is 18.2 Å². The van der Waals surface area contributed by atoms with Gasteiger partial charge in [0, 0.05) is 22.8 Å². The third-order valence-electron chi connectivity index (χ3n) is 3.58. The molecule has 0 saturated heterocycles. The van der Waals surface area contributed by atoms with Crippen LogP contribution in [0, 0.1) is 5.82 Å². The Hall–Kier alpha value is -3.68. The van der Waals surface area contributed by atoms with Crippen molar-refractivity contribution in [1.82, 2.24) is 4.98 Å². The first-order valence-corrected chi connectivity index (χ1v) is 7.55. The van der Waals surface area contributed by atoms with Gasteiger partial charge in [0.15, 0.2) is 0 Å². The van der Waals surface area contributed by atoms with E-state index in [1.165, 1.54) is 31.4 Å². The van der Waals surface area contributed by atoms with Crippen LogP contribution in [0.3, 0.4) is 0 Å². The van der Waals surface area contributed by atoms with E-state index in [2.05, 4.69) is 20.4 Å². The molecule has 8 heteroatoms. The van der Waals surface area contributed by atoms with E-state index >= 15 is 0 Å². The number of pyridine rings is 1. The lowest BCUT2D eigenvalue weighted by atomic mass is 10.2. The number of carbonyl (C=O) groups excluding carboxylic acids is 2. The predicted molar refractivity (Wildman–Crippen MR) is 94.9 cm³/mol. The zero-order valence-electron chi connectivity index (χ0n) is 13.6. The number of halogens is 1. The average molecular weight is 355 g/mol. The Labute approximate surface area is 146 Å². The van der Waals surface area contributed by atoms with E-state index in [1.54, 1.807) is 18.2 Å². The van der Waals surface area contributed by atoms with Gasteiger partial charge in [0.2, 0.25) is 5.56 Å². The van der Waals surface area contributed by atoms with Crippen molar-refractivity contribution in [2.45, 2.75) is 0 Å². The number of aromatic nitrogens is 1. The monoisotopic (exact) mass is 355 g/mol. The fourth-order valence-corrected chi connectivity index (χ4v) is 2.43. The Morgan fingerprint density at radius 3 is 2.58 bits per heavy atom. The van der Waals surface area contributed by atoms with E-state index in [0.717, 1.165) is 6.07 Å². The van der Waals surface area contributed by atoms with Crippen LogP contribution in [0.2, 0.25) is 0 Å². The molecule has 3 N–H and O–H groups in total. The minimum absolute atomic E-state index is 0.0641. The number of esters is 1. The molecule has 1 heterocycles. The molecular formula is C18H14FN3O4. The second kappa shape index (κ2) is 7.06. The molecule has 0 fully saturated rings. The largest absolute Gasteiger partial charge is 0.465 e. The molecule has 26 heavy (non-hydrogen) atoms. The van der Waals surface area contributed by atoms with E-state index < -0.39 is 23.4 Å². The molecule has 0 aliphatic heterocycles. The van der Waals surface area contributed by atoms with Crippen LogP contribution < -0.4 is 16.2 Å². The molecule has 0 aliphatic carbocycles. The zero-order valence-corrected chi connectivity index (χ0v) is 13.6. The van der Waals surface area contributed by atoms with Crippen molar-refractivity contribution in [3.63, 3.8) is 0 Å². The highest BCUT2D eigenvalue weighted by Gasteiger charge is 2.10. The van der Waals surface area contributed by atoms with Crippen molar-refractivity contribution in [2.24, 2.45) is 0 Å². The number of methoxy groups -OCH3 is 1. The Morgan fingerprint density at radius 2 is 1.81 bits per heavy atom. The maximum atomic E-state index is 14.1. The van der Waals surface area contributed by atoms with E-state index in [9.17, 15) is 18.8 Å². The molecule has 0 unspecified atom stereocenters. The smallest absolute Gasteiger partial charge is 0.337 e. The van der Waals surface area contributed by atoms with Crippen molar-refractivity contribution in [2.75, 3.05) is 17.7 Å². The maximum absolute atomic E-state index is 14.1. The Kier molecular flexibility index (Phi) is 4.66. The topological polar surface area (TPSA) is 100 Å². The van der Waals surface area contributed by atoms with Crippen LogP contribution in [-0.4, -0.2) is 24.1 Å². The second-order valence-corrected chi connectivity index (χ2v) is 5.40. The highest BCUT2D eigenvalue weighted by Crippen LogP contribution is 2.20. The molecule has 2 amide bonds. The first-order valence-electron chi connectivity index (χ1n) is 7.55. The highest BCUT2D eigenvalue weighted by molar-refractivity contribution is 6.01. The summed E-state index contributed by atoms with van der Waals surface area (Å²) in [6.07, 6.45) is 0. The minimum atomic E-state index is -0.664. The summed E-state index contributed by atoms with van der Waals surface area (Å²) in [6.45, 7) is 0. The molecule has 3 aromatic rings. The number of anilines is 2. The summed E-state index contributed by atoms with van der Waals surface area (Å²) in [7, 11) is 1.26. The number of benzene rings is 2. The van der Waals surface area contributed by atoms with Gasteiger partial charge in [-0.25, -0.2) is 14.0 Å². The maximum Gasteiger partial charge on any atom is 0.337 e. The number of carbonyl (C=O) groups is 2. The van der Waals surface area contributed by atoms with Crippen molar-refractivity contribution < 1.29 is 18.7 Å². The molecule has 3 rings (SSSR count). The summed E-state index contributed by atoms with van der Waals surface area (Å²) < 4.78 is 18.7. The third-order valence-corrected chi connectivity index (χ3v) is 3.58. The van der Waals surface area contributed by atoms with Gasteiger partial charge in [-0.05, 0) is 36.4 Å². The van der Waals surface area contributed by atoms with Crippen molar-refractivity contribution >= 4 is 34.3 Å². The summed E-state index contributed by atoms with van der Waals surface area (Å²) in [5, 5.41) is 5.49. The van der Waals surface area contributed by atoms with Crippen LogP contribution in [-0.2, 0) is 4.74 Å². The predicted octanol–water partition coefficient (Wildman–Crippen LogP) is 3.10. The number of nitrogens with one attached hydrogen (secondary N) is 3. The third kappa shape index (κ3) is 3.69. The molecule has 0 saturated carbocycles. The van der Waals surface area contributed by atoms with Gasteiger partial charge in [-0.1, -0.05) is 6.07 Å². The van der Waals surface area contributed by atoms with Crippen LogP contribution >= 0.6 is 0 Å². The van der Waals surface area contributed by atoms with E-state index in [-0.39, 0.29) is 16.8 Å². The summed E-state index contributed by atoms with van der Waals surface area (Å²) in [6, 6.07) is 10.9. The molecule has 0 radical (unpaired) electrons. The molecule has 0 aliphatic rings. The summed E-state index contributed by atoms with van der Waals surface area (Å²) in [5.41, 5.74) is 0.514. The van der Waals surface area contributed by atoms with Gasteiger partial charge < -0.3 is 20.4 Å². The number of amides is 2. The number of fused-ring (bicyclic) bond motifs is 1. The molecule has 132 valence electrons. The molecule has 7 nitrogen and oxygen atoms in total. The number of rotatable bonds is 3. The van der Waals surface area contributed by atoms with Gasteiger partial charge in [0.1, 0.15) is 5.82 Å². The van der Waals surface area contributed by atoms with E-state index in [4.69, 9.17) is 0 Å². The van der Waals surface area contributed by atoms with Crippen LogP contribution in [0.5, 0.6) is 0 Å². The number of hydrogen-bond acceptors (Lipinski definition) is 4. The van der Waals surface area contributed by atoms with Crippen LogP contribution in [0.4, 0.5) is 20.6 Å². The molecule has 1 aromatic heterocycles. The Balaban J connectivity index is 1.78. The Morgan fingerprint density at radius 1 is 1.04 bits per heavy atom. The number of H-pyrrole nitrogens is 1. The highest BCUT2D eigenvalue weighted by atomic mass is 19.1. The summed E-state index contributed by atoms with van der Waals surface area (Å²) in [4.78, 5) is 37.3. The zero-order chi connectivity index (χ0) is 18.7. The fourth-order valence-electron chi connectivity index (χ4n) is 2.43. The number of hydrogen-bond donors (Lipinski definition) is 3. The first-order chi connectivity index (χ1) is 12.5. The van der Waals surface area contributed by atoms with Gasteiger partial charge >= 0.3 is 12.0 Å². The normalized spacial score (nSPS) is 10.4. The molecular weight excluding hydrogens is 341 g/mol. The lowest BCUT2D eigenvalue weighted by Gasteiger charge is -2.10. The van der Waals surface area contributed by atoms with Crippen molar-refractivity contribution in [1.29, 1.82) is 0 Å². The van der Waals surface area contributed by atoms with Gasteiger partial charge in [-0.3, -0.25) is 4.79 Å². The summed E-state index contributed by atoms with van der Waals surface area (Å²) in [5.74, 6) is -1.19. The lowest BCUT2D eigenvalue weighted by molar-refractivity contribution is 0.0600. The molecule has 0 bridgehead atoms.